The first-order valence-corrected chi connectivity index (χ1v) is 9.81. The number of likely N-dealkylation sites (tertiary alicyclic amines) is 1. The van der Waals surface area contributed by atoms with Crippen molar-refractivity contribution in [2.24, 2.45) is 0 Å². The van der Waals surface area contributed by atoms with E-state index in [1.165, 1.54) is 5.39 Å². The van der Waals surface area contributed by atoms with Crippen LogP contribution in [-0.4, -0.2) is 47.2 Å². The maximum absolute atomic E-state index is 12.3. The molecule has 2 heterocycles. The lowest BCUT2D eigenvalue weighted by Crippen LogP contribution is -2.46. The zero-order valence-corrected chi connectivity index (χ0v) is 16.5. The summed E-state index contributed by atoms with van der Waals surface area (Å²) in [6.07, 6.45) is 3.73. The fourth-order valence-electron chi connectivity index (χ4n) is 3.30. The zero-order chi connectivity index (χ0) is 18.5. The van der Waals surface area contributed by atoms with Gasteiger partial charge in [-0.25, -0.2) is 4.79 Å². The topological polar surface area (TPSA) is 63.6 Å². The second kappa shape index (κ2) is 8.58. The first-order valence-electron chi connectivity index (χ1n) is 9.02. The summed E-state index contributed by atoms with van der Waals surface area (Å²) in [6.45, 7) is 4.09. The minimum atomic E-state index is -0.261. The Kier molecular flexibility index (Phi) is 6.19. The van der Waals surface area contributed by atoms with Crippen molar-refractivity contribution in [1.82, 2.24) is 14.8 Å². The van der Waals surface area contributed by atoms with Gasteiger partial charge in [0.2, 0.25) is 5.91 Å². The number of amides is 2. The van der Waals surface area contributed by atoms with E-state index in [0.29, 0.717) is 32.7 Å². The molecule has 0 bridgehead atoms. The molecular weight excluding hydrogens is 398 g/mol. The smallest absolute Gasteiger partial charge is 0.409 e. The molecule has 0 unspecified atom stereocenters. The monoisotopic (exact) mass is 421 g/mol. The molecular formula is C19H24BrN3O3. The predicted molar refractivity (Wildman–Crippen MR) is 104 cm³/mol. The zero-order valence-electron chi connectivity index (χ0n) is 14.9. The van der Waals surface area contributed by atoms with Crippen LogP contribution in [0.5, 0.6) is 0 Å². The van der Waals surface area contributed by atoms with Crippen LogP contribution in [0.4, 0.5) is 4.79 Å². The van der Waals surface area contributed by atoms with Crippen molar-refractivity contribution in [3.63, 3.8) is 0 Å². The lowest BCUT2D eigenvalue weighted by molar-refractivity contribution is -0.122. The Labute approximate surface area is 161 Å². The summed E-state index contributed by atoms with van der Waals surface area (Å²) >= 11 is 3.49. The summed E-state index contributed by atoms with van der Waals surface area (Å²) in [5.41, 5.74) is 1.12. The second-order valence-electron chi connectivity index (χ2n) is 6.49. The molecule has 0 saturated carbocycles. The number of carbonyl (C=O) groups excluding carboxylic acids is 2. The molecule has 0 radical (unpaired) electrons. The number of fused-ring (bicyclic) bond motifs is 1. The normalized spacial score (nSPS) is 15.2. The number of hydrogen-bond acceptors (Lipinski definition) is 3. The first-order chi connectivity index (χ1) is 12.6. The Hall–Kier alpha value is -2.02. The molecule has 1 aromatic carbocycles. The van der Waals surface area contributed by atoms with E-state index in [1.54, 1.807) is 11.8 Å². The van der Waals surface area contributed by atoms with E-state index < -0.39 is 0 Å². The van der Waals surface area contributed by atoms with E-state index in [2.05, 4.69) is 44.0 Å². The maximum Gasteiger partial charge on any atom is 0.409 e. The third-order valence-corrected chi connectivity index (χ3v) is 5.20. The van der Waals surface area contributed by atoms with Crippen LogP contribution in [0.15, 0.2) is 34.9 Å². The second-order valence-corrected chi connectivity index (χ2v) is 7.41. The highest BCUT2D eigenvalue weighted by atomic mass is 79.9. The Bertz CT molecular complexity index is 781. The van der Waals surface area contributed by atoms with Gasteiger partial charge >= 0.3 is 6.09 Å². The molecule has 1 aliphatic heterocycles. The molecule has 1 N–H and O–H groups in total. The Morgan fingerprint density at radius 1 is 1.27 bits per heavy atom. The predicted octanol–water partition coefficient (Wildman–Crippen LogP) is 3.53. The van der Waals surface area contributed by atoms with Crippen molar-refractivity contribution >= 4 is 38.8 Å². The van der Waals surface area contributed by atoms with Gasteiger partial charge in [0.15, 0.2) is 0 Å². The molecule has 6 nitrogen and oxygen atoms in total. The maximum atomic E-state index is 12.3. The van der Waals surface area contributed by atoms with Crippen molar-refractivity contribution in [1.29, 1.82) is 0 Å². The number of carbonyl (C=O) groups is 2. The largest absolute Gasteiger partial charge is 0.450 e. The molecule has 7 heteroatoms. The Balaban J connectivity index is 1.46. The molecule has 1 aliphatic rings. The standard InChI is InChI=1S/C19H24BrN3O3/c1-2-26-19(25)23-10-6-16(7-11-23)21-18(24)8-12-22-9-5-14-3-4-15(20)13-17(14)22/h3-5,9,13,16H,2,6-8,10-12H2,1H3,(H,21,24). The highest BCUT2D eigenvalue weighted by Gasteiger charge is 2.24. The van der Waals surface area contributed by atoms with E-state index in [0.717, 1.165) is 22.8 Å². The first kappa shape index (κ1) is 18.8. The van der Waals surface area contributed by atoms with Gasteiger partial charge in [-0.3, -0.25) is 4.79 Å². The molecule has 1 aromatic heterocycles. The summed E-state index contributed by atoms with van der Waals surface area (Å²) in [6, 6.07) is 8.34. The van der Waals surface area contributed by atoms with Gasteiger partial charge in [-0.15, -0.1) is 0 Å². The average Bonchev–Trinajstić information content (AvgIpc) is 3.03. The molecule has 3 rings (SSSR count). The number of nitrogens with one attached hydrogen (secondary N) is 1. The molecule has 2 amide bonds. The van der Waals surface area contributed by atoms with Gasteiger partial charge in [0.05, 0.1) is 6.61 Å². The SMILES string of the molecule is CCOC(=O)N1CCC(NC(=O)CCn2ccc3ccc(Br)cc32)CC1. The number of ether oxygens (including phenoxy) is 1. The van der Waals surface area contributed by atoms with Gasteiger partial charge in [0, 0.05) is 48.3 Å². The van der Waals surface area contributed by atoms with E-state index in [1.807, 2.05) is 12.3 Å². The van der Waals surface area contributed by atoms with Gasteiger partial charge in [0.1, 0.15) is 0 Å². The highest BCUT2D eigenvalue weighted by molar-refractivity contribution is 9.10. The lowest BCUT2D eigenvalue weighted by Gasteiger charge is -2.31. The molecule has 0 spiro atoms. The van der Waals surface area contributed by atoms with E-state index >= 15 is 0 Å². The third kappa shape index (κ3) is 4.58. The lowest BCUT2D eigenvalue weighted by atomic mass is 10.1. The van der Waals surface area contributed by atoms with Crippen molar-refractivity contribution in [3.05, 3.63) is 34.9 Å². The summed E-state index contributed by atoms with van der Waals surface area (Å²) in [4.78, 5) is 25.7. The van der Waals surface area contributed by atoms with Crippen LogP contribution in [0.1, 0.15) is 26.2 Å². The van der Waals surface area contributed by atoms with Crippen molar-refractivity contribution in [2.45, 2.75) is 38.8 Å². The number of aryl methyl sites for hydroxylation is 1. The summed E-state index contributed by atoms with van der Waals surface area (Å²) in [5.74, 6) is 0.0523. The van der Waals surface area contributed by atoms with Gasteiger partial charge in [-0.2, -0.15) is 0 Å². The van der Waals surface area contributed by atoms with Crippen molar-refractivity contribution < 1.29 is 14.3 Å². The quantitative estimate of drug-likeness (QED) is 0.802. The fraction of sp³-hybridized carbons (Fsp3) is 0.474. The van der Waals surface area contributed by atoms with Crippen LogP contribution in [-0.2, 0) is 16.1 Å². The number of nitrogens with zero attached hydrogens (tertiary/aromatic N) is 2. The van der Waals surface area contributed by atoms with Crippen LogP contribution >= 0.6 is 15.9 Å². The molecule has 26 heavy (non-hydrogen) atoms. The van der Waals surface area contributed by atoms with E-state index in [9.17, 15) is 9.59 Å². The van der Waals surface area contributed by atoms with E-state index in [4.69, 9.17) is 4.74 Å². The number of hydrogen-bond donors (Lipinski definition) is 1. The molecule has 1 saturated heterocycles. The number of benzene rings is 1. The number of piperidine rings is 1. The molecule has 0 atom stereocenters. The summed E-state index contributed by atoms with van der Waals surface area (Å²) < 4.78 is 8.15. The van der Waals surface area contributed by atoms with Gasteiger partial charge < -0.3 is 19.5 Å². The number of aromatic nitrogens is 1. The molecule has 140 valence electrons. The van der Waals surface area contributed by atoms with Crippen LogP contribution < -0.4 is 5.32 Å². The Morgan fingerprint density at radius 2 is 2.04 bits per heavy atom. The minimum absolute atomic E-state index is 0.0523. The van der Waals surface area contributed by atoms with Gasteiger partial charge in [-0.1, -0.05) is 22.0 Å². The summed E-state index contributed by atoms with van der Waals surface area (Å²) in [5, 5.41) is 4.26. The van der Waals surface area contributed by atoms with E-state index in [-0.39, 0.29) is 18.0 Å². The molecule has 1 fully saturated rings. The van der Waals surface area contributed by atoms with Crippen LogP contribution in [0.2, 0.25) is 0 Å². The van der Waals surface area contributed by atoms with Crippen LogP contribution in [0.3, 0.4) is 0 Å². The van der Waals surface area contributed by atoms with Gasteiger partial charge in [0.25, 0.3) is 0 Å². The summed E-state index contributed by atoms with van der Waals surface area (Å²) in [7, 11) is 0. The fourth-order valence-corrected chi connectivity index (χ4v) is 3.64. The number of halogens is 1. The van der Waals surface area contributed by atoms with Crippen LogP contribution in [0, 0.1) is 0 Å². The minimum Gasteiger partial charge on any atom is -0.450 e. The third-order valence-electron chi connectivity index (χ3n) is 4.70. The van der Waals surface area contributed by atoms with Crippen LogP contribution in [0.25, 0.3) is 10.9 Å². The van der Waals surface area contributed by atoms with Gasteiger partial charge in [-0.05, 0) is 43.4 Å². The van der Waals surface area contributed by atoms with Crippen molar-refractivity contribution in [3.8, 4) is 0 Å². The molecule has 0 aliphatic carbocycles. The van der Waals surface area contributed by atoms with Crippen molar-refractivity contribution in [2.75, 3.05) is 19.7 Å². The average molecular weight is 422 g/mol. The highest BCUT2D eigenvalue weighted by Crippen LogP contribution is 2.21. The Morgan fingerprint density at radius 3 is 2.77 bits per heavy atom. The molecule has 2 aromatic rings. The number of rotatable bonds is 5.